The SMILES string of the molecule is C#CCOc1c(I)cc(Br)cc1/C=c1\sc2n(c1=O)[C@H](c1ccc(OC)c(OC)c1)C(C(=O)OCC)=C(c1ccccc1)N=2. The monoisotopic (exact) mass is 784 g/mol. The van der Waals surface area contributed by atoms with Gasteiger partial charge in [-0.1, -0.05) is 69.6 Å². The molecule has 224 valence electrons. The van der Waals surface area contributed by atoms with Crippen LogP contribution < -0.4 is 29.1 Å². The van der Waals surface area contributed by atoms with Crippen LogP contribution in [-0.2, 0) is 9.53 Å². The van der Waals surface area contributed by atoms with E-state index >= 15 is 0 Å². The minimum absolute atomic E-state index is 0.0718. The van der Waals surface area contributed by atoms with Crippen molar-refractivity contribution in [2.24, 2.45) is 4.99 Å². The van der Waals surface area contributed by atoms with E-state index in [2.05, 4.69) is 44.4 Å². The van der Waals surface area contributed by atoms with E-state index in [4.69, 9.17) is 30.4 Å². The molecule has 1 atom stereocenters. The standard InChI is InChI=1S/C33H26BrIN2O6S/c1-5-14-43-30-21(15-22(34)18-23(30)35)17-26-31(38)37-29(20-12-13-24(40-3)25(16-20)41-4)27(32(39)42-6-2)28(36-33(37)44-26)19-10-8-7-9-11-19/h1,7-13,15-18,29H,6,14H2,2-4H3/b26-17-/t29-/m1/s1. The van der Waals surface area contributed by atoms with Gasteiger partial charge in [-0.3, -0.25) is 9.36 Å². The Bertz CT molecular complexity index is 2000. The average molecular weight is 785 g/mol. The molecule has 44 heavy (non-hydrogen) atoms. The highest BCUT2D eigenvalue weighted by molar-refractivity contribution is 14.1. The van der Waals surface area contributed by atoms with Crippen LogP contribution >= 0.6 is 49.9 Å². The molecule has 0 saturated carbocycles. The van der Waals surface area contributed by atoms with Gasteiger partial charge in [0.05, 0.1) is 46.2 Å². The van der Waals surface area contributed by atoms with Crippen molar-refractivity contribution >= 4 is 67.6 Å². The summed E-state index contributed by atoms with van der Waals surface area (Å²) in [7, 11) is 3.08. The Morgan fingerprint density at radius 2 is 1.89 bits per heavy atom. The third-order valence-corrected chi connectivity index (χ3v) is 8.96. The van der Waals surface area contributed by atoms with E-state index in [-0.39, 0.29) is 24.3 Å². The van der Waals surface area contributed by atoms with Gasteiger partial charge in [0.2, 0.25) is 0 Å². The van der Waals surface area contributed by atoms with Gasteiger partial charge in [-0.2, -0.15) is 0 Å². The molecule has 4 aromatic rings. The molecule has 0 unspecified atom stereocenters. The van der Waals surface area contributed by atoms with Crippen LogP contribution in [0.25, 0.3) is 11.8 Å². The number of ether oxygens (including phenoxy) is 4. The van der Waals surface area contributed by atoms with Gasteiger partial charge in [-0.25, -0.2) is 9.79 Å². The number of thiazole rings is 1. The van der Waals surface area contributed by atoms with Gasteiger partial charge in [0, 0.05) is 15.6 Å². The number of carbonyl (C=O) groups excluding carboxylic acids is 1. The van der Waals surface area contributed by atoms with Gasteiger partial charge in [-0.05, 0) is 65.4 Å². The Kier molecular flexibility index (Phi) is 9.93. The lowest BCUT2D eigenvalue weighted by Crippen LogP contribution is -2.40. The van der Waals surface area contributed by atoms with E-state index in [1.807, 2.05) is 42.5 Å². The number of terminal acetylenes is 1. The van der Waals surface area contributed by atoms with E-state index in [1.165, 1.54) is 23.0 Å². The highest BCUT2D eigenvalue weighted by Gasteiger charge is 2.35. The van der Waals surface area contributed by atoms with Gasteiger partial charge in [0.1, 0.15) is 12.4 Å². The van der Waals surface area contributed by atoms with Crippen molar-refractivity contribution < 1.29 is 23.7 Å². The van der Waals surface area contributed by atoms with Crippen molar-refractivity contribution in [1.29, 1.82) is 0 Å². The molecule has 3 aromatic carbocycles. The number of carbonyl (C=O) groups is 1. The van der Waals surface area contributed by atoms with Crippen LogP contribution in [0.3, 0.4) is 0 Å². The zero-order valence-corrected chi connectivity index (χ0v) is 28.5. The number of fused-ring (bicyclic) bond motifs is 1. The highest BCUT2D eigenvalue weighted by Crippen LogP contribution is 2.38. The fourth-order valence-electron chi connectivity index (χ4n) is 4.87. The number of esters is 1. The molecule has 0 amide bonds. The predicted molar refractivity (Wildman–Crippen MR) is 182 cm³/mol. The summed E-state index contributed by atoms with van der Waals surface area (Å²) in [4.78, 5) is 33.4. The number of rotatable bonds is 9. The normalized spacial score (nSPS) is 14.4. The van der Waals surface area contributed by atoms with Crippen molar-refractivity contribution in [2.75, 3.05) is 27.4 Å². The molecule has 0 aliphatic carbocycles. The predicted octanol–water partition coefficient (Wildman–Crippen LogP) is 5.33. The topological polar surface area (TPSA) is 88.3 Å². The summed E-state index contributed by atoms with van der Waals surface area (Å²) in [6.45, 7) is 1.96. The summed E-state index contributed by atoms with van der Waals surface area (Å²) in [5.41, 5.74) is 2.33. The van der Waals surface area contributed by atoms with Gasteiger partial charge in [-0.15, -0.1) is 6.42 Å². The summed E-state index contributed by atoms with van der Waals surface area (Å²) in [5, 5.41) is 0. The Morgan fingerprint density at radius 1 is 1.14 bits per heavy atom. The second kappa shape index (κ2) is 13.8. The molecule has 0 radical (unpaired) electrons. The second-order valence-electron chi connectivity index (χ2n) is 9.34. The number of benzene rings is 3. The summed E-state index contributed by atoms with van der Waals surface area (Å²) >= 11 is 6.92. The lowest BCUT2D eigenvalue weighted by Gasteiger charge is -2.26. The van der Waals surface area contributed by atoms with Crippen LogP contribution in [0.5, 0.6) is 17.2 Å². The van der Waals surface area contributed by atoms with E-state index in [9.17, 15) is 9.59 Å². The smallest absolute Gasteiger partial charge is 0.338 e. The molecule has 0 fully saturated rings. The van der Waals surface area contributed by atoms with Crippen LogP contribution in [0.15, 0.2) is 80.5 Å². The molecular formula is C33H26BrIN2O6S. The summed E-state index contributed by atoms with van der Waals surface area (Å²) < 4.78 is 26.0. The fraction of sp³-hybridized carbons (Fsp3) is 0.182. The molecule has 1 aromatic heterocycles. The molecule has 0 N–H and O–H groups in total. The Morgan fingerprint density at radius 3 is 2.57 bits per heavy atom. The fourth-order valence-corrected chi connectivity index (χ4v) is 7.57. The van der Waals surface area contributed by atoms with Crippen LogP contribution in [0, 0.1) is 15.9 Å². The summed E-state index contributed by atoms with van der Waals surface area (Å²) in [5.74, 6) is 3.44. The Hall–Kier alpha value is -3.86. The van der Waals surface area contributed by atoms with Gasteiger partial charge < -0.3 is 18.9 Å². The van der Waals surface area contributed by atoms with Crippen molar-refractivity contribution in [3.63, 3.8) is 0 Å². The number of hydrogen-bond donors (Lipinski definition) is 0. The molecule has 1 aliphatic heterocycles. The number of nitrogens with zero attached hydrogens (tertiary/aromatic N) is 2. The average Bonchev–Trinajstić information content (AvgIpc) is 3.34. The third kappa shape index (κ3) is 6.20. The van der Waals surface area contributed by atoms with Crippen molar-refractivity contribution in [2.45, 2.75) is 13.0 Å². The first-order chi connectivity index (χ1) is 21.3. The number of methoxy groups -OCH3 is 2. The van der Waals surface area contributed by atoms with E-state index in [0.717, 1.165) is 8.04 Å². The quantitative estimate of drug-likeness (QED) is 0.130. The molecule has 0 spiro atoms. The Labute approximate surface area is 279 Å². The van der Waals surface area contributed by atoms with E-state index in [0.29, 0.717) is 49.0 Å². The lowest BCUT2D eigenvalue weighted by atomic mass is 9.93. The zero-order valence-electron chi connectivity index (χ0n) is 23.9. The zero-order chi connectivity index (χ0) is 31.4. The third-order valence-electron chi connectivity index (χ3n) is 6.72. The molecule has 8 nitrogen and oxygen atoms in total. The van der Waals surface area contributed by atoms with E-state index < -0.39 is 12.0 Å². The van der Waals surface area contributed by atoms with Crippen molar-refractivity contribution in [1.82, 2.24) is 4.57 Å². The van der Waals surface area contributed by atoms with Crippen molar-refractivity contribution in [3.8, 4) is 29.6 Å². The number of hydrogen-bond acceptors (Lipinski definition) is 8. The first-order valence-electron chi connectivity index (χ1n) is 13.4. The maximum absolute atomic E-state index is 14.3. The van der Waals surface area contributed by atoms with Crippen LogP contribution in [0.2, 0.25) is 0 Å². The minimum Gasteiger partial charge on any atom is -0.493 e. The van der Waals surface area contributed by atoms with E-state index in [1.54, 1.807) is 38.3 Å². The maximum atomic E-state index is 14.3. The summed E-state index contributed by atoms with van der Waals surface area (Å²) in [6, 6.07) is 17.6. The first kappa shape index (κ1) is 31.6. The molecule has 1 aliphatic rings. The largest absolute Gasteiger partial charge is 0.493 e. The van der Waals surface area contributed by atoms with Gasteiger partial charge in [0.25, 0.3) is 5.56 Å². The Balaban J connectivity index is 1.85. The van der Waals surface area contributed by atoms with Gasteiger partial charge in [0.15, 0.2) is 16.3 Å². The second-order valence-corrected chi connectivity index (χ2v) is 12.4. The molecule has 5 rings (SSSR count). The molecule has 2 heterocycles. The van der Waals surface area contributed by atoms with Crippen molar-refractivity contribution in [3.05, 3.63) is 111 Å². The minimum atomic E-state index is -0.873. The molecule has 11 heteroatoms. The number of aromatic nitrogens is 1. The molecular weight excluding hydrogens is 759 g/mol. The maximum Gasteiger partial charge on any atom is 0.338 e. The molecule has 0 bridgehead atoms. The summed E-state index contributed by atoms with van der Waals surface area (Å²) in [6.07, 6.45) is 7.21. The molecule has 0 saturated heterocycles. The highest BCUT2D eigenvalue weighted by atomic mass is 127. The van der Waals surface area contributed by atoms with Crippen LogP contribution in [-0.4, -0.2) is 38.0 Å². The number of halogens is 2. The van der Waals surface area contributed by atoms with Gasteiger partial charge >= 0.3 is 5.97 Å². The van der Waals surface area contributed by atoms with Crippen LogP contribution in [0.1, 0.15) is 29.7 Å². The first-order valence-corrected chi connectivity index (χ1v) is 16.1. The lowest BCUT2D eigenvalue weighted by molar-refractivity contribution is -0.138. The van der Waals surface area contributed by atoms with Crippen LogP contribution in [0.4, 0.5) is 0 Å².